The first-order chi connectivity index (χ1) is 8.52. The minimum Gasteiger partial charge on any atom is -0.368 e. The Hall–Kier alpha value is -1.92. The van der Waals surface area contributed by atoms with Gasteiger partial charge in [0, 0.05) is 6.04 Å². The van der Waals surface area contributed by atoms with Crippen LogP contribution in [0.5, 0.6) is 0 Å². The Morgan fingerprint density at radius 2 is 1.72 bits per heavy atom. The number of urea groups is 1. The molecule has 2 aliphatic rings. The normalized spacial score (nSPS) is 21.9. The van der Waals surface area contributed by atoms with Crippen LogP contribution < -0.4 is 5.73 Å². The van der Waals surface area contributed by atoms with Crippen LogP contribution in [0, 0.1) is 0 Å². The van der Waals surface area contributed by atoms with Crippen LogP contribution in [0.4, 0.5) is 4.79 Å². The van der Waals surface area contributed by atoms with Crippen LogP contribution in [0.2, 0.25) is 0 Å². The molecule has 18 heavy (non-hydrogen) atoms. The largest absolute Gasteiger partial charge is 0.368 e. The predicted octanol–water partition coefficient (Wildman–Crippen LogP) is -0.405. The number of amides is 5. The van der Waals surface area contributed by atoms with E-state index in [-0.39, 0.29) is 6.04 Å². The summed E-state index contributed by atoms with van der Waals surface area (Å²) in [5.41, 5.74) is 4.95. The van der Waals surface area contributed by atoms with Crippen molar-refractivity contribution in [2.75, 3.05) is 6.54 Å². The number of carbonyl (C=O) groups excluding carboxylic acids is 4. The summed E-state index contributed by atoms with van der Waals surface area (Å²) >= 11 is 0. The fourth-order valence-corrected chi connectivity index (χ4v) is 2.48. The minimum absolute atomic E-state index is 0.222. The number of nitrogens with zero attached hydrogens (tertiary/aromatic N) is 2. The van der Waals surface area contributed by atoms with Crippen LogP contribution in [0.3, 0.4) is 0 Å². The molecule has 0 aromatic rings. The number of hydrogen-bond acceptors (Lipinski definition) is 4. The number of nitrogens with two attached hydrogens (primary N) is 1. The second-order valence-electron chi connectivity index (χ2n) is 4.61. The van der Waals surface area contributed by atoms with Gasteiger partial charge in [0.1, 0.15) is 6.54 Å². The molecule has 0 aromatic heterocycles. The lowest BCUT2D eigenvalue weighted by Crippen LogP contribution is -2.43. The summed E-state index contributed by atoms with van der Waals surface area (Å²) in [5, 5.41) is 0. The van der Waals surface area contributed by atoms with Crippen molar-refractivity contribution in [1.29, 1.82) is 0 Å². The molecule has 7 heteroatoms. The molecule has 1 saturated carbocycles. The first-order valence-electron chi connectivity index (χ1n) is 5.99. The Labute approximate surface area is 104 Å². The molecule has 0 radical (unpaired) electrons. The van der Waals surface area contributed by atoms with Gasteiger partial charge in [0.15, 0.2) is 0 Å². The molecule has 0 unspecified atom stereocenters. The Kier molecular flexibility index (Phi) is 3.31. The highest BCUT2D eigenvalue weighted by Gasteiger charge is 2.47. The van der Waals surface area contributed by atoms with Gasteiger partial charge in [0.2, 0.25) is 5.91 Å². The Morgan fingerprint density at radius 1 is 1.11 bits per heavy atom. The molecular formula is C11H15N3O4. The molecule has 0 bridgehead atoms. The average Bonchev–Trinajstić information content (AvgIpc) is 2.54. The van der Waals surface area contributed by atoms with Gasteiger partial charge in [0.25, 0.3) is 0 Å². The molecule has 0 atom stereocenters. The van der Waals surface area contributed by atoms with E-state index in [9.17, 15) is 19.2 Å². The highest BCUT2D eigenvalue weighted by molar-refractivity contribution is 6.45. The maximum absolute atomic E-state index is 12.0. The molecule has 0 aromatic carbocycles. The van der Waals surface area contributed by atoms with Gasteiger partial charge >= 0.3 is 17.8 Å². The van der Waals surface area contributed by atoms with Crippen LogP contribution in [0.15, 0.2) is 0 Å². The fraction of sp³-hybridized carbons (Fsp3) is 0.636. The zero-order chi connectivity index (χ0) is 13.3. The third-order valence-corrected chi connectivity index (χ3v) is 3.34. The molecule has 7 nitrogen and oxygen atoms in total. The number of primary amides is 1. The summed E-state index contributed by atoms with van der Waals surface area (Å²) in [6.45, 7) is -0.535. The molecule has 2 fully saturated rings. The standard InChI is InChI=1S/C11H15N3O4/c12-8(15)6-13-9(16)10(17)14(11(13)18)7-4-2-1-3-5-7/h7H,1-6H2,(H2,12,15). The minimum atomic E-state index is -0.954. The topological polar surface area (TPSA) is 101 Å². The van der Waals surface area contributed by atoms with Gasteiger partial charge in [-0.25, -0.2) is 9.69 Å². The molecule has 5 amide bonds. The first kappa shape index (κ1) is 12.5. The van der Waals surface area contributed by atoms with Gasteiger partial charge in [-0.2, -0.15) is 0 Å². The quantitative estimate of drug-likeness (QED) is 0.546. The highest BCUT2D eigenvalue weighted by atomic mass is 16.2. The summed E-state index contributed by atoms with van der Waals surface area (Å²) in [4.78, 5) is 47.7. The first-order valence-corrected chi connectivity index (χ1v) is 5.99. The number of carbonyl (C=O) groups is 4. The average molecular weight is 253 g/mol. The van der Waals surface area contributed by atoms with E-state index in [1.54, 1.807) is 0 Å². The highest BCUT2D eigenvalue weighted by Crippen LogP contribution is 2.26. The number of rotatable bonds is 3. The predicted molar refractivity (Wildman–Crippen MR) is 60.0 cm³/mol. The van der Waals surface area contributed by atoms with Crippen molar-refractivity contribution in [1.82, 2.24) is 9.80 Å². The summed E-state index contributed by atoms with van der Waals surface area (Å²) in [6.07, 6.45) is 4.38. The molecule has 98 valence electrons. The molecule has 1 aliphatic heterocycles. The third kappa shape index (κ3) is 2.07. The summed E-state index contributed by atoms with van der Waals surface area (Å²) < 4.78 is 0. The maximum Gasteiger partial charge on any atom is 0.334 e. The van der Waals surface area contributed by atoms with Crippen LogP contribution in [0.1, 0.15) is 32.1 Å². The molecule has 0 spiro atoms. The monoisotopic (exact) mass is 253 g/mol. The van der Waals surface area contributed by atoms with E-state index in [0.717, 1.165) is 37.0 Å². The third-order valence-electron chi connectivity index (χ3n) is 3.34. The van der Waals surface area contributed by atoms with Crippen molar-refractivity contribution in [2.45, 2.75) is 38.1 Å². The van der Waals surface area contributed by atoms with Gasteiger partial charge in [0.05, 0.1) is 0 Å². The van der Waals surface area contributed by atoms with E-state index >= 15 is 0 Å². The van der Waals surface area contributed by atoms with Crippen LogP contribution >= 0.6 is 0 Å². The van der Waals surface area contributed by atoms with E-state index < -0.39 is 30.3 Å². The second-order valence-corrected chi connectivity index (χ2v) is 4.61. The van der Waals surface area contributed by atoms with Gasteiger partial charge in [-0.15, -0.1) is 0 Å². The number of imide groups is 2. The Balaban J connectivity index is 2.16. The smallest absolute Gasteiger partial charge is 0.334 e. The Bertz CT molecular complexity index is 415. The lowest BCUT2D eigenvalue weighted by atomic mass is 9.94. The van der Waals surface area contributed by atoms with Crippen molar-refractivity contribution in [2.24, 2.45) is 5.73 Å². The van der Waals surface area contributed by atoms with Crippen molar-refractivity contribution in [3.05, 3.63) is 0 Å². The van der Waals surface area contributed by atoms with Crippen molar-refractivity contribution < 1.29 is 19.2 Å². The van der Waals surface area contributed by atoms with Gasteiger partial charge in [-0.3, -0.25) is 19.3 Å². The molecule has 1 heterocycles. The van der Waals surface area contributed by atoms with Crippen molar-refractivity contribution >= 4 is 23.8 Å². The summed E-state index contributed by atoms with van der Waals surface area (Å²) in [7, 11) is 0. The number of hydrogen-bond donors (Lipinski definition) is 1. The van der Waals surface area contributed by atoms with Gasteiger partial charge in [-0.05, 0) is 12.8 Å². The lowest BCUT2D eigenvalue weighted by Gasteiger charge is -2.28. The van der Waals surface area contributed by atoms with Crippen LogP contribution in [0.25, 0.3) is 0 Å². The molecule has 1 aliphatic carbocycles. The van der Waals surface area contributed by atoms with Crippen molar-refractivity contribution in [3.8, 4) is 0 Å². The van der Waals surface area contributed by atoms with Gasteiger partial charge < -0.3 is 5.73 Å². The van der Waals surface area contributed by atoms with E-state index in [1.165, 1.54) is 0 Å². The molecule has 2 rings (SSSR count). The van der Waals surface area contributed by atoms with E-state index in [4.69, 9.17) is 5.73 Å². The molecular weight excluding hydrogens is 238 g/mol. The van der Waals surface area contributed by atoms with Crippen molar-refractivity contribution in [3.63, 3.8) is 0 Å². The van der Waals surface area contributed by atoms with Gasteiger partial charge in [-0.1, -0.05) is 19.3 Å². The fourth-order valence-electron chi connectivity index (χ4n) is 2.48. The summed E-state index contributed by atoms with van der Waals surface area (Å²) in [6, 6.07) is -0.934. The maximum atomic E-state index is 12.0. The zero-order valence-corrected chi connectivity index (χ0v) is 9.92. The second kappa shape index (κ2) is 4.75. The lowest BCUT2D eigenvalue weighted by molar-refractivity contribution is -0.144. The summed E-state index contributed by atoms with van der Waals surface area (Å²) in [5.74, 6) is -2.60. The SMILES string of the molecule is NC(=O)CN1C(=O)C(=O)N(C2CCCCC2)C1=O. The Morgan fingerprint density at radius 3 is 2.28 bits per heavy atom. The van der Waals surface area contributed by atoms with E-state index in [0.29, 0.717) is 4.90 Å². The van der Waals surface area contributed by atoms with Crippen LogP contribution in [-0.2, 0) is 14.4 Å². The zero-order valence-electron chi connectivity index (χ0n) is 9.92. The molecule has 1 saturated heterocycles. The van der Waals surface area contributed by atoms with Crippen LogP contribution in [-0.4, -0.2) is 46.1 Å². The van der Waals surface area contributed by atoms with E-state index in [1.807, 2.05) is 0 Å². The molecule has 2 N–H and O–H groups in total. The van der Waals surface area contributed by atoms with E-state index in [2.05, 4.69) is 0 Å².